The van der Waals surface area contributed by atoms with Crippen LogP contribution < -0.4 is 0 Å². The molecule has 0 atom stereocenters. The second kappa shape index (κ2) is 2.37. The van der Waals surface area contributed by atoms with Crippen molar-refractivity contribution in [1.29, 1.82) is 0 Å². The predicted molar refractivity (Wildman–Crippen MR) is 43.5 cm³/mol. The second-order valence-corrected chi connectivity index (χ2v) is 3.64. The first-order chi connectivity index (χ1) is 4.91. The fourth-order valence-electron chi connectivity index (χ4n) is 2.26. The van der Waals surface area contributed by atoms with Crippen LogP contribution in [0.3, 0.4) is 0 Å². The Morgan fingerprint density at radius 1 is 1.00 bits per heavy atom. The summed E-state index contributed by atoms with van der Waals surface area (Å²) < 4.78 is 0. The molecule has 0 amide bonds. The van der Waals surface area contributed by atoms with Crippen LogP contribution in [0.4, 0.5) is 0 Å². The number of hydrogen-bond donors (Lipinski definition) is 0. The fourth-order valence-corrected chi connectivity index (χ4v) is 2.26. The van der Waals surface area contributed by atoms with Crippen molar-refractivity contribution in [3.63, 3.8) is 0 Å². The summed E-state index contributed by atoms with van der Waals surface area (Å²) in [6.45, 7) is 0. The summed E-state index contributed by atoms with van der Waals surface area (Å²) in [6.07, 6.45) is 11.7. The molecule has 1 fully saturated rings. The zero-order valence-corrected chi connectivity index (χ0v) is 6.47. The molecule has 10 heavy (non-hydrogen) atoms. The van der Waals surface area contributed by atoms with Gasteiger partial charge in [-0.15, -0.1) is 0 Å². The van der Waals surface area contributed by atoms with E-state index in [1.807, 2.05) is 0 Å². The van der Waals surface area contributed by atoms with Gasteiger partial charge in [-0.1, -0.05) is 12.8 Å². The van der Waals surface area contributed by atoms with Crippen LogP contribution in [0.25, 0.3) is 0 Å². The molecule has 1 spiro atoms. The lowest BCUT2D eigenvalue weighted by molar-refractivity contribution is 0.388. The summed E-state index contributed by atoms with van der Waals surface area (Å²) in [7, 11) is 0. The Bertz CT molecular complexity index is 143. The molecule has 0 aromatic rings. The van der Waals surface area contributed by atoms with E-state index in [1.54, 1.807) is 0 Å². The Hall–Kier alpha value is -0.330. The summed E-state index contributed by atoms with van der Waals surface area (Å²) in [5, 5.41) is 0. The normalized spacial score (nSPS) is 29.6. The van der Waals surface area contributed by atoms with Gasteiger partial charge in [0.25, 0.3) is 0 Å². The Balaban J connectivity index is 2.11. The van der Waals surface area contributed by atoms with Crippen molar-refractivity contribution in [1.82, 2.24) is 0 Å². The zero-order valence-electron chi connectivity index (χ0n) is 6.47. The van der Waals surface area contributed by atoms with E-state index in [9.17, 15) is 0 Å². The van der Waals surface area contributed by atoms with Gasteiger partial charge in [0, 0.05) is 0 Å². The average Bonchev–Trinajstić information content (AvgIpc) is 2.39. The SMILES string of the molecule is C1=NC2(CCC1)CCCC2. The molecule has 2 aliphatic rings. The molecule has 2 rings (SSSR count). The van der Waals surface area contributed by atoms with E-state index in [-0.39, 0.29) is 0 Å². The minimum Gasteiger partial charge on any atom is -0.291 e. The molecule has 0 saturated heterocycles. The molecule has 0 aromatic carbocycles. The third-order valence-electron chi connectivity index (χ3n) is 2.87. The van der Waals surface area contributed by atoms with Crippen LogP contribution in [-0.2, 0) is 0 Å². The highest BCUT2D eigenvalue weighted by atomic mass is 14.9. The molecule has 0 radical (unpaired) electrons. The first-order valence-corrected chi connectivity index (χ1v) is 4.45. The number of aliphatic imine (C=N–C) groups is 1. The molecule has 1 aliphatic carbocycles. The second-order valence-electron chi connectivity index (χ2n) is 3.64. The van der Waals surface area contributed by atoms with E-state index < -0.39 is 0 Å². The van der Waals surface area contributed by atoms with Crippen molar-refractivity contribution in [2.75, 3.05) is 0 Å². The number of nitrogens with zero attached hydrogens (tertiary/aromatic N) is 1. The lowest BCUT2D eigenvalue weighted by Gasteiger charge is -2.26. The Morgan fingerprint density at radius 3 is 2.30 bits per heavy atom. The third-order valence-corrected chi connectivity index (χ3v) is 2.87. The van der Waals surface area contributed by atoms with Crippen LogP contribution in [0.2, 0.25) is 0 Å². The lowest BCUT2D eigenvalue weighted by Crippen LogP contribution is -2.24. The zero-order chi connectivity index (χ0) is 6.86. The Morgan fingerprint density at radius 2 is 1.70 bits per heavy atom. The Labute approximate surface area is 62.5 Å². The van der Waals surface area contributed by atoms with Crippen molar-refractivity contribution in [3.8, 4) is 0 Å². The molecule has 1 heteroatoms. The maximum absolute atomic E-state index is 4.64. The van der Waals surface area contributed by atoms with Crippen molar-refractivity contribution in [2.45, 2.75) is 50.5 Å². The first-order valence-electron chi connectivity index (χ1n) is 4.45. The maximum atomic E-state index is 4.64. The minimum absolute atomic E-state index is 0.443. The molecule has 56 valence electrons. The van der Waals surface area contributed by atoms with E-state index in [0.29, 0.717) is 5.54 Å². The van der Waals surface area contributed by atoms with Gasteiger partial charge >= 0.3 is 0 Å². The third kappa shape index (κ3) is 0.979. The fraction of sp³-hybridized carbons (Fsp3) is 0.889. The predicted octanol–water partition coefficient (Wildman–Crippen LogP) is 2.55. The topological polar surface area (TPSA) is 12.4 Å². The minimum atomic E-state index is 0.443. The van der Waals surface area contributed by atoms with Gasteiger partial charge in [0.2, 0.25) is 0 Å². The van der Waals surface area contributed by atoms with E-state index in [0.717, 1.165) is 0 Å². The van der Waals surface area contributed by atoms with Gasteiger partial charge < -0.3 is 0 Å². The van der Waals surface area contributed by atoms with E-state index >= 15 is 0 Å². The van der Waals surface area contributed by atoms with Gasteiger partial charge in [0.15, 0.2) is 0 Å². The van der Waals surface area contributed by atoms with Gasteiger partial charge in [-0.2, -0.15) is 0 Å². The summed E-state index contributed by atoms with van der Waals surface area (Å²) in [5.74, 6) is 0. The van der Waals surface area contributed by atoms with Crippen LogP contribution in [0.15, 0.2) is 4.99 Å². The van der Waals surface area contributed by atoms with E-state index in [1.165, 1.54) is 44.9 Å². The molecular weight excluding hydrogens is 122 g/mol. The molecule has 0 bridgehead atoms. The maximum Gasteiger partial charge on any atom is 0.0604 e. The van der Waals surface area contributed by atoms with Crippen LogP contribution in [0.5, 0.6) is 0 Å². The lowest BCUT2D eigenvalue weighted by atomic mass is 9.89. The van der Waals surface area contributed by atoms with Crippen molar-refractivity contribution >= 4 is 6.21 Å². The molecule has 1 heterocycles. The van der Waals surface area contributed by atoms with Gasteiger partial charge in [-0.25, -0.2) is 0 Å². The monoisotopic (exact) mass is 137 g/mol. The van der Waals surface area contributed by atoms with Crippen LogP contribution in [0.1, 0.15) is 44.9 Å². The molecule has 0 unspecified atom stereocenters. The molecule has 1 saturated carbocycles. The van der Waals surface area contributed by atoms with Crippen molar-refractivity contribution < 1.29 is 0 Å². The summed E-state index contributed by atoms with van der Waals surface area (Å²) >= 11 is 0. The van der Waals surface area contributed by atoms with Gasteiger partial charge in [-0.3, -0.25) is 4.99 Å². The quantitative estimate of drug-likeness (QED) is 0.486. The van der Waals surface area contributed by atoms with E-state index in [4.69, 9.17) is 0 Å². The van der Waals surface area contributed by atoms with Gasteiger partial charge in [0.1, 0.15) is 0 Å². The summed E-state index contributed by atoms with van der Waals surface area (Å²) in [5.41, 5.74) is 0.443. The Kier molecular flexibility index (Phi) is 1.51. The van der Waals surface area contributed by atoms with E-state index in [2.05, 4.69) is 11.2 Å². The molecule has 1 nitrogen and oxygen atoms in total. The van der Waals surface area contributed by atoms with Crippen LogP contribution in [0, 0.1) is 0 Å². The number of rotatable bonds is 0. The molecule has 0 N–H and O–H groups in total. The highest BCUT2D eigenvalue weighted by Gasteiger charge is 2.33. The molecule has 0 aromatic heterocycles. The largest absolute Gasteiger partial charge is 0.291 e. The van der Waals surface area contributed by atoms with Gasteiger partial charge in [0.05, 0.1) is 5.54 Å². The first kappa shape index (κ1) is 6.38. The highest BCUT2D eigenvalue weighted by Crippen LogP contribution is 2.38. The molecular formula is C9H15N. The van der Waals surface area contributed by atoms with Gasteiger partial charge in [-0.05, 0) is 38.3 Å². The van der Waals surface area contributed by atoms with Crippen molar-refractivity contribution in [2.24, 2.45) is 4.99 Å². The summed E-state index contributed by atoms with van der Waals surface area (Å²) in [4.78, 5) is 4.64. The highest BCUT2D eigenvalue weighted by molar-refractivity contribution is 5.59. The molecule has 1 aliphatic heterocycles. The smallest absolute Gasteiger partial charge is 0.0604 e. The number of hydrogen-bond acceptors (Lipinski definition) is 1. The van der Waals surface area contributed by atoms with Crippen molar-refractivity contribution in [3.05, 3.63) is 0 Å². The standard InChI is InChI=1S/C9H15N/c1-2-6-9(5-1)7-3-4-8-10-9/h8H,1-7H2. The average molecular weight is 137 g/mol. The van der Waals surface area contributed by atoms with Crippen LogP contribution >= 0.6 is 0 Å². The summed E-state index contributed by atoms with van der Waals surface area (Å²) in [6, 6.07) is 0. The van der Waals surface area contributed by atoms with Crippen LogP contribution in [-0.4, -0.2) is 11.8 Å².